The van der Waals surface area contributed by atoms with Crippen LogP contribution in [0.4, 0.5) is 26.3 Å². The highest BCUT2D eigenvalue weighted by Gasteiger charge is 2.40. The summed E-state index contributed by atoms with van der Waals surface area (Å²) in [5.74, 6) is -1.44. The van der Waals surface area contributed by atoms with Crippen molar-refractivity contribution in [1.29, 1.82) is 0 Å². The fourth-order valence-electron chi connectivity index (χ4n) is 2.84. The number of halogens is 6. The predicted molar refractivity (Wildman–Crippen MR) is 82.2 cm³/mol. The van der Waals surface area contributed by atoms with Gasteiger partial charge in [-0.2, -0.15) is 31.4 Å². The standard InChI is InChI=1S/C17H10F6N2O2/c18-16(19,20)11-5-3-6-12(17(21,22)23)10(11)8-25-13-7-2-1-4-9(13)14(24-25)15(26)27/h1-7H,8H2,(H,26,27). The van der Waals surface area contributed by atoms with Crippen LogP contribution < -0.4 is 0 Å². The molecule has 2 aromatic carbocycles. The third kappa shape index (κ3) is 3.46. The molecule has 1 N–H and O–H groups in total. The number of rotatable bonds is 3. The van der Waals surface area contributed by atoms with E-state index in [4.69, 9.17) is 0 Å². The molecule has 0 radical (unpaired) electrons. The minimum absolute atomic E-state index is 0.111. The molecule has 0 aliphatic heterocycles. The van der Waals surface area contributed by atoms with Crippen LogP contribution in [0.2, 0.25) is 0 Å². The van der Waals surface area contributed by atoms with Gasteiger partial charge in [-0.25, -0.2) is 4.79 Å². The molecular formula is C17H10F6N2O2. The molecule has 4 nitrogen and oxygen atoms in total. The molecule has 0 unspecified atom stereocenters. The van der Waals surface area contributed by atoms with Crippen molar-refractivity contribution in [3.8, 4) is 0 Å². The first-order chi connectivity index (χ1) is 12.5. The van der Waals surface area contributed by atoms with Crippen molar-refractivity contribution in [1.82, 2.24) is 9.78 Å². The Morgan fingerprint density at radius 1 is 0.926 bits per heavy atom. The summed E-state index contributed by atoms with van der Waals surface area (Å²) in [6.07, 6.45) is -10.0. The summed E-state index contributed by atoms with van der Waals surface area (Å²) in [7, 11) is 0. The maximum absolute atomic E-state index is 13.3. The number of carboxylic acids is 1. The van der Waals surface area contributed by atoms with Crippen molar-refractivity contribution in [2.75, 3.05) is 0 Å². The number of hydrogen-bond acceptors (Lipinski definition) is 2. The second-order valence-corrected chi connectivity index (χ2v) is 5.66. The Hall–Kier alpha value is -3.04. The van der Waals surface area contributed by atoms with E-state index < -0.39 is 47.3 Å². The molecular weight excluding hydrogens is 378 g/mol. The minimum atomic E-state index is -5.02. The van der Waals surface area contributed by atoms with Crippen LogP contribution in [0.3, 0.4) is 0 Å². The summed E-state index contributed by atoms with van der Waals surface area (Å²) in [6, 6.07) is 7.50. The lowest BCUT2D eigenvalue weighted by Gasteiger charge is -2.19. The maximum atomic E-state index is 13.3. The van der Waals surface area contributed by atoms with Crippen LogP contribution in [-0.4, -0.2) is 20.9 Å². The summed E-state index contributed by atoms with van der Waals surface area (Å²) >= 11 is 0. The van der Waals surface area contributed by atoms with Gasteiger partial charge in [0.25, 0.3) is 0 Å². The lowest BCUT2D eigenvalue weighted by atomic mass is 10.00. The van der Waals surface area contributed by atoms with Crippen LogP contribution in [0.25, 0.3) is 10.9 Å². The van der Waals surface area contributed by atoms with E-state index in [0.717, 1.165) is 4.68 Å². The molecule has 27 heavy (non-hydrogen) atoms. The van der Waals surface area contributed by atoms with E-state index in [-0.39, 0.29) is 10.9 Å². The molecule has 0 saturated heterocycles. The molecule has 0 atom stereocenters. The molecule has 0 aliphatic rings. The van der Waals surface area contributed by atoms with Crippen molar-refractivity contribution in [2.45, 2.75) is 18.9 Å². The highest BCUT2D eigenvalue weighted by atomic mass is 19.4. The number of para-hydroxylation sites is 1. The van der Waals surface area contributed by atoms with Gasteiger partial charge < -0.3 is 5.11 Å². The number of nitrogens with zero attached hydrogens (tertiary/aromatic N) is 2. The largest absolute Gasteiger partial charge is 0.476 e. The van der Waals surface area contributed by atoms with Crippen LogP contribution in [0.1, 0.15) is 27.2 Å². The number of aromatic nitrogens is 2. The predicted octanol–water partition coefficient (Wildman–Crippen LogP) is 4.82. The Labute approximate surface area is 147 Å². The molecule has 1 aromatic heterocycles. The first-order valence-electron chi connectivity index (χ1n) is 7.45. The molecule has 3 aromatic rings. The second-order valence-electron chi connectivity index (χ2n) is 5.66. The third-order valence-corrected chi connectivity index (χ3v) is 3.96. The number of carboxylic acid groups (broad SMARTS) is 1. The molecule has 142 valence electrons. The zero-order valence-corrected chi connectivity index (χ0v) is 13.3. The average molecular weight is 388 g/mol. The molecule has 0 bridgehead atoms. The van der Waals surface area contributed by atoms with E-state index in [9.17, 15) is 36.2 Å². The number of fused-ring (bicyclic) bond motifs is 1. The lowest BCUT2D eigenvalue weighted by molar-refractivity contribution is -0.144. The average Bonchev–Trinajstić information content (AvgIpc) is 2.92. The SMILES string of the molecule is O=C(O)c1nn(Cc2c(C(F)(F)F)cccc2C(F)(F)F)c2ccccc12. The first-order valence-corrected chi connectivity index (χ1v) is 7.45. The van der Waals surface area contributed by atoms with Gasteiger partial charge in [0.2, 0.25) is 0 Å². The molecule has 0 fully saturated rings. The Morgan fingerprint density at radius 3 is 2.00 bits per heavy atom. The molecule has 10 heteroatoms. The van der Waals surface area contributed by atoms with Crippen LogP contribution in [0.15, 0.2) is 42.5 Å². The van der Waals surface area contributed by atoms with E-state index in [1.54, 1.807) is 0 Å². The van der Waals surface area contributed by atoms with E-state index >= 15 is 0 Å². The van der Waals surface area contributed by atoms with Gasteiger partial charge in [-0.05, 0) is 23.8 Å². The first kappa shape index (κ1) is 18.7. The van der Waals surface area contributed by atoms with Gasteiger partial charge in [0.05, 0.1) is 23.2 Å². The monoisotopic (exact) mass is 388 g/mol. The Balaban J connectivity index is 2.25. The normalized spacial score (nSPS) is 12.5. The number of benzene rings is 2. The minimum Gasteiger partial charge on any atom is -0.476 e. The van der Waals surface area contributed by atoms with E-state index in [0.29, 0.717) is 18.2 Å². The van der Waals surface area contributed by atoms with E-state index in [1.165, 1.54) is 24.3 Å². The second kappa shape index (κ2) is 6.29. The number of hydrogen-bond donors (Lipinski definition) is 1. The van der Waals surface area contributed by atoms with Crippen LogP contribution in [0, 0.1) is 0 Å². The number of aromatic carboxylic acids is 1. The van der Waals surface area contributed by atoms with Gasteiger partial charge in [-0.15, -0.1) is 0 Å². The highest BCUT2D eigenvalue weighted by Crippen LogP contribution is 2.40. The van der Waals surface area contributed by atoms with Gasteiger partial charge in [-0.1, -0.05) is 24.3 Å². The Morgan fingerprint density at radius 2 is 1.48 bits per heavy atom. The van der Waals surface area contributed by atoms with Crippen LogP contribution >= 0.6 is 0 Å². The summed E-state index contributed by atoms with van der Waals surface area (Å²) in [6.45, 7) is -0.891. The smallest absolute Gasteiger partial charge is 0.416 e. The van der Waals surface area contributed by atoms with Gasteiger partial charge in [0.1, 0.15) is 0 Å². The van der Waals surface area contributed by atoms with E-state index in [2.05, 4.69) is 5.10 Å². The van der Waals surface area contributed by atoms with Crippen molar-refractivity contribution in [2.24, 2.45) is 0 Å². The van der Waals surface area contributed by atoms with Crippen molar-refractivity contribution in [3.63, 3.8) is 0 Å². The summed E-state index contributed by atoms with van der Waals surface area (Å²) in [5, 5.41) is 13.0. The zero-order valence-electron chi connectivity index (χ0n) is 13.3. The lowest BCUT2D eigenvalue weighted by Crippen LogP contribution is -2.19. The molecule has 0 spiro atoms. The van der Waals surface area contributed by atoms with Crippen molar-refractivity contribution >= 4 is 16.9 Å². The zero-order chi connectivity index (χ0) is 20.0. The van der Waals surface area contributed by atoms with Gasteiger partial charge >= 0.3 is 18.3 Å². The maximum Gasteiger partial charge on any atom is 0.416 e. The fraction of sp³-hybridized carbons (Fsp3) is 0.176. The molecule has 3 rings (SSSR count). The van der Waals surface area contributed by atoms with Gasteiger partial charge in [-0.3, -0.25) is 4.68 Å². The van der Waals surface area contributed by atoms with Gasteiger partial charge in [0.15, 0.2) is 5.69 Å². The Kier molecular flexibility index (Phi) is 4.37. The van der Waals surface area contributed by atoms with Crippen molar-refractivity contribution < 1.29 is 36.2 Å². The van der Waals surface area contributed by atoms with Crippen LogP contribution in [-0.2, 0) is 18.9 Å². The molecule has 0 saturated carbocycles. The summed E-state index contributed by atoms with van der Waals surface area (Å²) < 4.78 is 80.5. The third-order valence-electron chi connectivity index (χ3n) is 3.96. The highest BCUT2D eigenvalue weighted by molar-refractivity contribution is 6.01. The topological polar surface area (TPSA) is 55.1 Å². The molecule has 0 aliphatic carbocycles. The summed E-state index contributed by atoms with van der Waals surface area (Å²) in [5.41, 5.74) is -4.27. The fourth-order valence-corrected chi connectivity index (χ4v) is 2.84. The molecule has 1 heterocycles. The summed E-state index contributed by atoms with van der Waals surface area (Å²) in [4.78, 5) is 11.3. The molecule has 0 amide bonds. The van der Waals surface area contributed by atoms with Gasteiger partial charge in [0, 0.05) is 5.39 Å². The Bertz CT molecular complexity index is 988. The quantitative estimate of drug-likeness (QED) is 0.655. The number of carbonyl (C=O) groups is 1. The van der Waals surface area contributed by atoms with E-state index in [1.807, 2.05) is 0 Å². The van der Waals surface area contributed by atoms with Crippen molar-refractivity contribution in [3.05, 3.63) is 64.8 Å². The van der Waals surface area contributed by atoms with Crippen LogP contribution in [0.5, 0.6) is 0 Å². The number of alkyl halides is 6.